The van der Waals surface area contributed by atoms with E-state index in [0.29, 0.717) is 0 Å². The molecule has 0 spiro atoms. The van der Waals surface area contributed by atoms with Gasteiger partial charge in [-0.15, -0.1) is 0 Å². The summed E-state index contributed by atoms with van der Waals surface area (Å²) in [6.07, 6.45) is 12.4. The van der Waals surface area contributed by atoms with E-state index in [-0.39, 0.29) is 0 Å². The van der Waals surface area contributed by atoms with Crippen LogP contribution >= 0.6 is 0 Å². The monoisotopic (exact) mass is 417 g/mol. The van der Waals surface area contributed by atoms with Crippen molar-refractivity contribution in [2.45, 2.75) is 26.7 Å². The van der Waals surface area contributed by atoms with Gasteiger partial charge in [0.05, 0.1) is 16.8 Å². The molecule has 2 heterocycles. The summed E-state index contributed by atoms with van der Waals surface area (Å²) in [6.45, 7) is 12.3. The van der Waals surface area contributed by atoms with Gasteiger partial charge in [-0.1, -0.05) is 68.6 Å². The largest absolute Gasteiger partial charge is 0.456 e. The minimum Gasteiger partial charge on any atom is -0.456 e. The zero-order chi connectivity index (χ0) is 22.2. The molecule has 1 aliphatic rings. The van der Waals surface area contributed by atoms with E-state index in [2.05, 4.69) is 104 Å². The molecule has 32 heavy (non-hydrogen) atoms. The van der Waals surface area contributed by atoms with Gasteiger partial charge in [-0.25, -0.2) is 0 Å². The first-order chi connectivity index (χ1) is 15.6. The van der Waals surface area contributed by atoms with E-state index in [1.165, 1.54) is 16.5 Å². The molecular weight excluding hydrogens is 390 g/mol. The Morgan fingerprint density at radius 3 is 2.81 bits per heavy atom. The fraction of sp³-hybridized carbons (Fsp3) is 0.133. The molecular formula is C30H27NO. The zero-order valence-electron chi connectivity index (χ0n) is 18.7. The van der Waals surface area contributed by atoms with Crippen LogP contribution in [-0.2, 0) is 6.42 Å². The van der Waals surface area contributed by atoms with Crippen LogP contribution in [0.3, 0.4) is 0 Å². The number of hydrogen-bond acceptors (Lipinski definition) is 1. The second kappa shape index (κ2) is 8.05. The number of benzene rings is 2. The maximum absolute atomic E-state index is 6.51. The Kier molecular flexibility index (Phi) is 5.07. The van der Waals surface area contributed by atoms with Gasteiger partial charge in [0.1, 0.15) is 11.5 Å². The fourth-order valence-corrected chi connectivity index (χ4v) is 4.58. The van der Waals surface area contributed by atoms with E-state index < -0.39 is 0 Å². The quantitative estimate of drug-likeness (QED) is 0.298. The third-order valence-electron chi connectivity index (χ3n) is 6.27. The van der Waals surface area contributed by atoms with Gasteiger partial charge >= 0.3 is 0 Å². The van der Waals surface area contributed by atoms with Gasteiger partial charge in [0.2, 0.25) is 0 Å². The van der Waals surface area contributed by atoms with Crippen molar-refractivity contribution in [2.75, 3.05) is 0 Å². The maximum Gasteiger partial charge on any atom is 0.141 e. The minimum atomic E-state index is 0.862. The first kappa shape index (κ1) is 20.1. The van der Waals surface area contributed by atoms with Gasteiger partial charge in [-0.2, -0.15) is 0 Å². The van der Waals surface area contributed by atoms with Gasteiger partial charge < -0.3 is 8.98 Å². The summed E-state index contributed by atoms with van der Waals surface area (Å²) in [7, 11) is 0. The lowest BCUT2D eigenvalue weighted by atomic mass is 10.0. The molecule has 4 aromatic rings. The molecule has 2 nitrogen and oxygen atoms in total. The Bertz CT molecular complexity index is 1420. The Morgan fingerprint density at radius 2 is 2.00 bits per heavy atom. The number of hydrogen-bond donors (Lipinski definition) is 0. The van der Waals surface area contributed by atoms with Crippen molar-refractivity contribution < 1.29 is 4.42 Å². The average molecular weight is 418 g/mol. The maximum atomic E-state index is 6.51. The predicted octanol–water partition coefficient (Wildman–Crippen LogP) is 8.39. The van der Waals surface area contributed by atoms with Gasteiger partial charge in [0.25, 0.3) is 0 Å². The van der Waals surface area contributed by atoms with Crippen molar-refractivity contribution >= 4 is 28.6 Å². The summed E-state index contributed by atoms with van der Waals surface area (Å²) in [4.78, 5) is 0. The van der Waals surface area contributed by atoms with Gasteiger partial charge in [-0.05, 0) is 66.8 Å². The van der Waals surface area contributed by atoms with E-state index in [1.807, 2.05) is 0 Å². The second-order valence-corrected chi connectivity index (χ2v) is 8.21. The Balaban J connectivity index is 1.82. The van der Waals surface area contributed by atoms with Crippen molar-refractivity contribution in [3.05, 3.63) is 108 Å². The topological polar surface area (TPSA) is 18.1 Å². The highest BCUT2D eigenvalue weighted by Crippen LogP contribution is 2.44. The summed E-state index contributed by atoms with van der Waals surface area (Å²) in [5, 5.41) is 1.20. The molecule has 2 aromatic heterocycles. The highest BCUT2D eigenvalue weighted by Gasteiger charge is 2.26. The van der Waals surface area contributed by atoms with Gasteiger partial charge in [0, 0.05) is 16.6 Å². The van der Waals surface area contributed by atoms with E-state index in [0.717, 1.165) is 58.0 Å². The summed E-state index contributed by atoms with van der Waals surface area (Å²) in [6, 6.07) is 17.1. The lowest BCUT2D eigenvalue weighted by Gasteiger charge is -2.11. The highest BCUT2D eigenvalue weighted by molar-refractivity contribution is 6.02. The van der Waals surface area contributed by atoms with Gasteiger partial charge in [-0.3, -0.25) is 0 Å². The van der Waals surface area contributed by atoms with Crippen molar-refractivity contribution in [3.8, 4) is 17.0 Å². The Morgan fingerprint density at radius 1 is 1.16 bits per heavy atom. The van der Waals surface area contributed by atoms with Crippen molar-refractivity contribution in [1.82, 2.24) is 4.57 Å². The Hall–Kier alpha value is -3.78. The first-order valence-electron chi connectivity index (χ1n) is 11.1. The molecule has 0 unspecified atom stereocenters. The fourth-order valence-electron chi connectivity index (χ4n) is 4.58. The third-order valence-corrected chi connectivity index (χ3v) is 6.27. The van der Waals surface area contributed by atoms with E-state index in [9.17, 15) is 0 Å². The molecule has 1 aliphatic carbocycles. The summed E-state index contributed by atoms with van der Waals surface area (Å²) >= 11 is 0. The summed E-state index contributed by atoms with van der Waals surface area (Å²) < 4.78 is 8.84. The molecule has 0 aliphatic heterocycles. The number of allylic oxidation sites excluding steroid dienone is 4. The number of nitrogens with zero attached hydrogens (tertiary/aromatic N) is 1. The SMILES string of the molecule is C=CC(=C)c1cccc(-n2c3c(c4ccccc42)-c2oc(/C=C\CC)c(C)c2CC=C3)c1. The van der Waals surface area contributed by atoms with Gasteiger partial charge in [0.15, 0.2) is 0 Å². The van der Waals surface area contributed by atoms with Crippen LogP contribution in [0.25, 0.3) is 45.6 Å². The third kappa shape index (κ3) is 3.11. The van der Waals surface area contributed by atoms with Crippen LogP contribution < -0.4 is 0 Å². The normalized spacial score (nSPS) is 12.7. The summed E-state index contributed by atoms with van der Waals surface area (Å²) in [5.41, 5.74) is 9.06. The predicted molar refractivity (Wildman–Crippen MR) is 137 cm³/mol. The van der Waals surface area contributed by atoms with Crippen LogP contribution in [0.1, 0.15) is 41.5 Å². The molecule has 0 radical (unpaired) electrons. The second-order valence-electron chi connectivity index (χ2n) is 8.21. The Labute approximate surface area is 189 Å². The molecule has 0 saturated carbocycles. The van der Waals surface area contributed by atoms with Crippen LogP contribution in [0.15, 0.2) is 84.3 Å². The molecule has 0 atom stereocenters. The average Bonchev–Trinajstić information content (AvgIpc) is 3.24. The van der Waals surface area contributed by atoms with Crippen LogP contribution in [0.4, 0.5) is 0 Å². The minimum absolute atomic E-state index is 0.862. The molecule has 0 fully saturated rings. The highest BCUT2D eigenvalue weighted by atomic mass is 16.3. The van der Waals surface area contributed by atoms with Crippen molar-refractivity contribution in [2.24, 2.45) is 0 Å². The molecule has 2 aromatic carbocycles. The van der Waals surface area contributed by atoms with Crippen molar-refractivity contribution in [3.63, 3.8) is 0 Å². The number of fused-ring (bicyclic) bond motifs is 5. The molecule has 0 bridgehead atoms. The number of rotatable bonds is 5. The molecule has 0 amide bonds. The molecule has 0 saturated heterocycles. The summed E-state index contributed by atoms with van der Waals surface area (Å²) in [5.74, 6) is 1.94. The number of aromatic nitrogens is 1. The molecule has 158 valence electrons. The number of furan rings is 1. The van der Waals surface area contributed by atoms with Crippen LogP contribution in [0, 0.1) is 6.92 Å². The molecule has 5 rings (SSSR count). The van der Waals surface area contributed by atoms with Crippen LogP contribution in [0.2, 0.25) is 0 Å². The lowest BCUT2D eigenvalue weighted by molar-refractivity contribution is 0.568. The smallest absolute Gasteiger partial charge is 0.141 e. The van der Waals surface area contributed by atoms with E-state index in [4.69, 9.17) is 4.42 Å². The first-order valence-corrected chi connectivity index (χ1v) is 11.1. The van der Waals surface area contributed by atoms with E-state index >= 15 is 0 Å². The standard InChI is InChI=1S/C30H27NO/c1-5-7-18-28-21(4)24-15-11-17-27-29(30(24)32-28)25-14-8-9-16-26(25)31(27)23-13-10-12-22(19-23)20(3)6-2/h6-14,16-19H,2-3,5,15H2,1,4H3/b18-7-. The number of para-hydroxylation sites is 1. The molecule has 2 heteroatoms. The van der Waals surface area contributed by atoms with Crippen LogP contribution in [-0.4, -0.2) is 4.57 Å². The van der Waals surface area contributed by atoms with Crippen LogP contribution in [0.5, 0.6) is 0 Å². The van der Waals surface area contributed by atoms with E-state index in [1.54, 1.807) is 6.08 Å². The van der Waals surface area contributed by atoms with Crippen molar-refractivity contribution in [1.29, 1.82) is 0 Å². The lowest BCUT2D eigenvalue weighted by Crippen LogP contribution is -1.97. The zero-order valence-corrected chi connectivity index (χ0v) is 18.7. The molecule has 0 N–H and O–H groups in total.